The lowest BCUT2D eigenvalue weighted by atomic mass is 10.2. The molecule has 0 saturated carbocycles. The van der Waals surface area contributed by atoms with Gasteiger partial charge in [-0.05, 0) is 48.9 Å². The van der Waals surface area contributed by atoms with Gasteiger partial charge in [0.2, 0.25) is 10.0 Å². The van der Waals surface area contributed by atoms with Crippen LogP contribution in [-0.4, -0.2) is 49.7 Å². The summed E-state index contributed by atoms with van der Waals surface area (Å²) in [5.41, 5.74) is 0.896. The molecule has 1 aliphatic rings. The van der Waals surface area contributed by atoms with Crippen molar-refractivity contribution in [1.82, 2.24) is 9.21 Å². The van der Waals surface area contributed by atoms with Gasteiger partial charge in [-0.25, -0.2) is 12.8 Å². The van der Waals surface area contributed by atoms with Gasteiger partial charge in [-0.2, -0.15) is 4.31 Å². The van der Waals surface area contributed by atoms with E-state index in [2.05, 4.69) is 0 Å². The minimum Gasteiger partial charge on any atom is -0.336 e. The summed E-state index contributed by atoms with van der Waals surface area (Å²) >= 11 is 6.04. The highest BCUT2D eigenvalue weighted by Gasteiger charge is 2.31. The van der Waals surface area contributed by atoms with Crippen LogP contribution in [-0.2, 0) is 10.0 Å². The first-order valence-corrected chi connectivity index (χ1v) is 9.92. The third-order valence-electron chi connectivity index (χ3n) is 4.45. The molecule has 0 atom stereocenters. The van der Waals surface area contributed by atoms with Crippen molar-refractivity contribution < 1.29 is 17.6 Å². The molecule has 2 aromatic rings. The number of carbonyl (C=O) groups excluding carboxylic acids is 1. The molecule has 1 aliphatic heterocycles. The third-order valence-corrected chi connectivity index (χ3v) is 6.91. The zero-order valence-corrected chi connectivity index (χ0v) is 15.7. The van der Waals surface area contributed by atoms with Crippen LogP contribution in [0.25, 0.3) is 0 Å². The average molecular weight is 397 g/mol. The van der Waals surface area contributed by atoms with Crippen LogP contribution in [0.15, 0.2) is 47.4 Å². The summed E-state index contributed by atoms with van der Waals surface area (Å²) in [5.74, 6) is -0.643. The van der Waals surface area contributed by atoms with E-state index in [0.29, 0.717) is 16.1 Å². The van der Waals surface area contributed by atoms with E-state index in [1.165, 1.54) is 34.6 Å². The van der Waals surface area contributed by atoms with E-state index in [0.717, 1.165) is 0 Å². The van der Waals surface area contributed by atoms with Crippen LogP contribution in [0, 0.1) is 12.7 Å². The molecule has 1 fully saturated rings. The normalized spacial score (nSPS) is 15.9. The number of amides is 1. The Kier molecular flexibility index (Phi) is 5.32. The fourth-order valence-corrected chi connectivity index (χ4v) is 4.81. The molecule has 1 saturated heterocycles. The second kappa shape index (κ2) is 7.34. The van der Waals surface area contributed by atoms with Crippen molar-refractivity contribution in [3.05, 3.63) is 64.4 Å². The lowest BCUT2D eigenvalue weighted by Crippen LogP contribution is -2.50. The van der Waals surface area contributed by atoms with Gasteiger partial charge in [-0.3, -0.25) is 4.79 Å². The van der Waals surface area contributed by atoms with Crippen molar-refractivity contribution in [2.45, 2.75) is 11.8 Å². The predicted octanol–water partition coefficient (Wildman–Crippen LogP) is 2.93. The number of hydrogen-bond donors (Lipinski definition) is 0. The molecule has 3 rings (SSSR count). The summed E-state index contributed by atoms with van der Waals surface area (Å²) in [6.45, 7) is 2.61. The number of nitrogens with zero attached hydrogens (tertiary/aromatic N) is 2. The van der Waals surface area contributed by atoms with Crippen molar-refractivity contribution in [1.29, 1.82) is 0 Å². The number of rotatable bonds is 3. The van der Waals surface area contributed by atoms with Gasteiger partial charge in [0.05, 0.1) is 4.90 Å². The summed E-state index contributed by atoms with van der Waals surface area (Å²) in [6.07, 6.45) is 0. The van der Waals surface area contributed by atoms with Crippen LogP contribution in [0.5, 0.6) is 0 Å². The maximum atomic E-state index is 13.0. The molecular weight excluding hydrogens is 379 g/mol. The first-order valence-electron chi connectivity index (χ1n) is 8.11. The maximum Gasteiger partial charge on any atom is 0.253 e. The molecule has 1 heterocycles. The molecule has 26 heavy (non-hydrogen) atoms. The van der Waals surface area contributed by atoms with Crippen LogP contribution in [0.4, 0.5) is 4.39 Å². The molecular formula is C18H18ClFN2O3S. The number of halogens is 2. The molecule has 8 heteroatoms. The van der Waals surface area contributed by atoms with Gasteiger partial charge in [0, 0.05) is 36.8 Å². The summed E-state index contributed by atoms with van der Waals surface area (Å²) in [5, 5.41) is 0.399. The molecule has 1 amide bonds. The largest absolute Gasteiger partial charge is 0.336 e. The monoisotopic (exact) mass is 396 g/mol. The van der Waals surface area contributed by atoms with Crippen LogP contribution in [0.1, 0.15) is 15.9 Å². The average Bonchev–Trinajstić information content (AvgIpc) is 2.64. The van der Waals surface area contributed by atoms with Crippen LogP contribution >= 0.6 is 11.6 Å². The highest BCUT2D eigenvalue weighted by molar-refractivity contribution is 7.89. The van der Waals surface area contributed by atoms with Crippen LogP contribution in [0.3, 0.4) is 0 Å². The highest BCUT2D eigenvalue weighted by atomic mass is 35.5. The third kappa shape index (κ3) is 3.60. The Hall–Kier alpha value is -1.96. The Morgan fingerprint density at radius 1 is 1.04 bits per heavy atom. The quantitative estimate of drug-likeness (QED) is 0.801. The minimum atomic E-state index is -3.67. The fourth-order valence-electron chi connectivity index (χ4n) is 2.91. The molecule has 0 aromatic heterocycles. The van der Waals surface area contributed by atoms with E-state index >= 15 is 0 Å². The SMILES string of the molecule is Cc1c(Cl)cccc1S(=O)(=O)N1CCN(C(=O)c2ccc(F)cc2)CC1. The van der Waals surface area contributed by atoms with Crippen molar-refractivity contribution in [2.75, 3.05) is 26.2 Å². The summed E-state index contributed by atoms with van der Waals surface area (Å²) in [7, 11) is -3.67. The standard InChI is InChI=1S/C18H18ClFN2O3S/c1-13-16(19)3-2-4-17(13)26(24,25)22-11-9-21(10-12-22)18(23)14-5-7-15(20)8-6-14/h2-8H,9-12H2,1H3. The van der Waals surface area contributed by atoms with Crippen molar-refractivity contribution in [2.24, 2.45) is 0 Å². The van der Waals surface area contributed by atoms with Gasteiger partial charge in [0.25, 0.3) is 5.91 Å². The summed E-state index contributed by atoms with van der Waals surface area (Å²) in [6, 6.07) is 10.1. The van der Waals surface area contributed by atoms with Gasteiger partial charge >= 0.3 is 0 Å². The van der Waals surface area contributed by atoms with Gasteiger partial charge < -0.3 is 4.90 Å². The Balaban J connectivity index is 1.72. The van der Waals surface area contributed by atoms with E-state index in [-0.39, 0.29) is 37.0 Å². The number of piperazine rings is 1. The molecule has 2 aromatic carbocycles. The highest BCUT2D eigenvalue weighted by Crippen LogP contribution is 2.26. The number of hydrogen-bond acceptors (Lipinski definition) is 3. The van der Waals surface area contributed by atoms with E-state index in [4.69, 9.17) is 11.6 Å². The summed E-state index contributed by atoms with van der Waals surface area (Å²) in [4.78, 5) is 14.2. The molecule has 138 valence electrons. The molecule has 0 radical (unpaired) electrons. The molecule has 0 unspecified atom stereocenters. The fraction of sp³-hybridized carbons (Fsp3) is 0.278. The zero-order valence-electron chi connectivity index (χ0n) is 14.2. The molecule has 0 N–H and O–H groups in total. The Morgan fingerprint density at radius 2 is 1.65 bits per heavy atom. The summed E-state index contributed by atoms with van der Waals surface area (Å²) < 4.78 is 40.1. The number of benzene rings is 2. The maximum absolute atomic E-state index is 13.0. The smallest absolute Gasteiger partial charge is 0.253 e. The predicted molar refractivity (Wildman–Crippen MR) is 97.3 cm³/mol. The molecule has 5 nitrogen and oxygen atoms in total. The molecule has 0 aliphatic carbocycles. The molecule has 0 spiro atoms. The van der Waals surface area contributed by atoms with E-state index < -0.39 is 15.8 Å². The number of sulfonamides is 1. The van der Waals surface area contributed by atoms with Crippen molar-refractivity contribution >= 4 is 27.5 Å². The van der Waals surface area contributed by atoms with Crippen molar-refractivity contribution in [3.63, 3.8) is 0 Å². The van der Waals surface area contributed by atoms with Crippen LogP contribution in [0.2, 0.25) is 5.02 Å². The lowest BCUT2D eigenvalue weighted by molar-refractivity contribution is 0.0698. The van der Waals surface area contributed by atoms with Gasteiger partial charge in [0.1, 0.15) is 5.82 Å². The van der Waals surface area contributed by atoms with E-state index in [9.17, 15) is 17.6 Å². The van der Waals surface area contributed by atoms with Gasteiger partial charge in [-0.1, -0.05) is 17.7 Å². The van der Waals surface area contributed by atoms with E-state index in [1.54, 1.807) is 24.0 Å². The van der Waals surface area contributed by atoms with Crippen LogP contribution < -0.4 is 0 Å². The zero-order chi connectivity index (χ0) is 18.9. The topological polar surface area (TPSA) is 57.7 Å². The van der Waals surface area contributed by atoms with E-state index in [1.807, 2.05) is 0 Å². The minimum absolute atomic E-state index is 0.184. The lowest BCUT2D eigenvalue weighted by Gasteiger charge is -2.34. The van der Waals surface area contributed by atoms with Crippen molar-refractivity contribution in [3.8, 4) is 0 Å². The Labute approximate surface area is 157 Å². The number of carbonyl (C=O) groups is 1. The molecule has 0 bridgehead atoms. The van der Waals surface area contributed by atoms with Gasteiger partial charge in [-0.15, -0.1) is 0 Å². The van der Waals surface area contributed by atoms with Gasteiger partial charge in [0.15, 0.2) is 0 Å². The first-order chi connectivity index (χ1) is 12.3. The Morgan fingerprint density at radius 3 is 2.27 bits per heavy atom. The second-order valence-electron chi connectivity index (χ2n) is 6.07. The second-order valence-corrected chi connectivity index (χ2v) is 8.38. The first kappa shape index (κ1) is 18.8. The Bertz CT molecular complexity index is 924.